The van der Waals surface area contributed by atoms with Crippen LogP contribution in [0.3, 0.4) is 0 Å². The number of benzene rings is 1. The average molecular weight is 206 g/mol. The summed E-state index contributed by atoms with van der Waals surface area (Å²) in [5.41, 5.74) is 2.95. The Kier molecular flexibility index (Phi) is 2.51. The van der Waals surface area contributed by atoms with E-state index >= 15 is 0 Å². The van der Waals surface area contributed by atoms with Crippen LogP contribution in [0.1, 0.15) is 30.9 Å². The first kappa shape index (κ1) is 10.2. The molecule has 1 aromatic rings. The Morgan fingerprint density at radius 2 is 2.13 bits per heavy atom. The number of fused-ring (bicyclic) bond motifs is 1. The van der Waals surface area contributed by atoms with Gasteiger partial charge < -0.3 is 4.74 Å². The fourth-order valence-electron chi connectivity index (χ4n) is 1.79. The van der Waals surface area contributed by atoms with Crippen molar-refractivity contribution in [3.05, 3.63) is 41.2 Å². The molecule has 0 aliphatic carbocycles. The second kappa shape index (κ2) is 3.69. The van der Waals surface area contributed by atoms with Crippen molar-refractivity contribution in [2.75, 3.05) is 6.61 Å². The van der Waals surface area contributed by atoms with Crippen LogP contribution in [0.5, 0.6) is 5.75 Å². The van der Waals surface area contributed by atoms with E-state index in [1.807, 2.05) is 6.07 Å². The highest BCUT2D eigenvalue weighted by atomic mass is 19.1. The van der Waals surface area contributed by atoms with Gasteiger partial charge in [-0.1, -0.05) is 26.5 Å². The second-order valence-electron chi connectivity index (χ2n) is 4.36. The van der Waals surface area contributed by atoms with Crippen LogP contribution < -0.4 is 4.74 Å². The Balaban J connectivity index is 2.48. The minimum Gasteiger partial charge on any atom is -0.486 e. The van der Waals surface area contributed by atoms with Gasteiger partial charge in [0.05, 0.1) is 0 Å². The number of ether oxygens (including phenoxy) is 1. The first-order valence-corrected chi connectivity index (χ1v) is 5.19. The standard InChI is InChI=1S/C13H15FO/c1-8(2)10-5-11-4-9(3)7-15-13(11)12(14)6-10/h5-6,8H,3-4,7H2,1-2H3. The molecule has 0 bridgehead atoms. The molecule has 0 fully saturated rings. The summed E-state index contributed by atoms with van der Waals surface area (Å²) in [6.07, 6.45) is 0.729. The smallest absolute Gasteiger partial charge is 0.165 e. The van der Waals surface area contributed by atoms with E-state index in [2.05, 4.69) is 20.4 Å². The van der Waals surface area contributed by atoms with Crippen molar-refractivity contribution in [3.8, 4) is 5.75 Å². The van der Waals surface area contributed by atoms with Gasteiger partial charge in [0, 0.05) is 12.0 Å². The zero-order valence-electron chi connectivity index (χ0n) is 9.14. The molecule has 0 unspecified atom stereocenters. The van der Waals surface area contributed by atoms with Gasteiger partial charge in [0.2, 0.25) is 0 Å². The molecular formula is C13H15FO. The fraction of sp³-hybridized carbons (Fsp3) is 0.385. The molecule has 1 aliphatic heterocycles. The van der Waals surface area contributed by atoms with Gasteiger partial charge >= 0.3 is 0 Å². The van der Waals surface area contributed by atoms with Crippen LogP contribution in [0, 0.1) is 5.82 Å². The minimum absolute atomic E-state index is 0.247. The third-order valence-corrected chi connectivity index (χ3v) is 2.67. The molecule has 0 N–H and O–H groups in total. The minimum atomic E-state index is -0.247. The SMILES string of the molecule is C=C1COc2c(F)cc(C(C)C)cc2C1. The highest BCUT2D eigenvalue weighted by Crippen LogP contribution is 2.32. The highest BCUT2D eigenvalue weighted by Gasteiger charge is 2.18. The van der Waals surface area contributed by atoms with Crippen molar-refractivity contribution in [2.24, 2.45) is 0 Å². The van der Waals surface area contributed by atoms with E-state index in [1.165, 1.54) is 0 Å². The summed E-state index contributed by atoms with van der Waals surface area (Å²) in [5, 5.41) is 0. The van der Waals surface area contributed by atoms with E-state index in [-0.39, 0.29) is 5.82 Å². The van der Waals surface area contributed by atoms with Crippen LogP contribution in [-0.4, -0.2) is 6.61 Å². The fourth-order valence-corrected chi connectivity index (χ4v) is 1.79. The van der Waals surface area contributed by atoms with Gasteiger partial charge in [0.25, 0.3) is 0 Å². The Labute approximate surface area is 89.6 Å². The predicted octanol–water partition coefficient (Wildman–Crippen LogP) is 3.44. The van der Waals surface area contributed by atoms with Gasteiger partial charge in [-0.15, -0.1) is 0 Å². The molecule has 0 atom stereocenters. The molecule has 2 rings (SSSR count). The topological polar surface area (TPSA) is 9.23 Å². The lowest BCUT2D eigenvalue weighted by molar-refractivity contribution is 0.313. The first-order valence-electron chi connectivity index (χ1n) is 5.19. The maximum atomic E-state index is 13.7. The van der Waals surface area contributed by atoms with E-state index < -0.39 is 0 Å². The van der Waals surface area contributed by atoms with Gasteiger partial charge in [-0.2, -0.15) is 0 Å². The number of halogens is 1. The molecular weight excluding hydrogens is 191 g/mol. The van der Waals surface area contributed by atoms with Gasteiger partial charge in [0.15, 0.2) is 11.6 Å². The summed E-state index contributed by atoms with van der Waals surface area (Å²) in [5.74, 6) is 0.496. The van der Waals surface area contributed by atoms with Crippen LogP contribution in [0.2, 0.25) is 0 Å². The van der Waals surface area contributed by atoms with Crippen molar-refractivity contribution < 1.29 is 9.13 Å². The summed E-state index contributed by atoms with van der Waals surface area (Å²) in [7, 11) is 0. The van der Waals surface area contributed by atoms with E-state index in [1.54, 1.807) is 6.07 Å². The van der Waals surface area contributed by atoms with Crippen molar-refractivity contribution in [2.45, 2.75) is 26.2 Å². The van der Waals surface area contributed by atoms with E-state index in [9.17, 15) is 4.39 Å². The lowest BCUT2D eigenvalue weighted by Gasteiger charge is -2.21. The van der Waals surface area contributed by atoms with Crippen LogP contribution >= 0.6 is 0 Å². The van der Waals surface area contributed by atoms with Gasteiger partial charge in [-0.05, 0) is 23.1 Å². The Hall–Kier alpha value is -1.31. The maximum Gasteiger partial charge on any atom is 0.165 e. The zero-order valence-corrected chi connectivity index (χ0v) is 9.14. The zero-order chi connectivity index (χ0) is 11.0. The van der Waals surface area contributed by atoms with Crippen LogP contribution in [-0.2, 0) is 6.42 Å². The first-order chi connectivity index (χ1) is 7.08. The molecule has 1 nitrogen and oxygen atoms in total. The molecule has 1 aliphatic rings. The third kappa shape index (κ3) is 1.89. The molecule has 0 saturated carbocycles. The molecule has 15 heavy (non-hydrogen) atoms. The third-order valence-electron chi connectivity index (χ3n) is 2.67. The lowest BCUT2D eigenvalue weighted by Crippen LogP contribution is -2.13. The molecule has 0 saturated heterocycles. The van der Waals surface area contributed by atoms with Crippen molar-refractivity contribution in [1.82, 2.24) is 0 Å². The van der Waals surface area contributed by atoms with Gasteiger partial charge in [-0.3, -0.25) is 0 Å². The highest BCUT2D eigenvalue weighted by molar-refractivity contribution is 5.43. The van der Waals surface area contributed by atoms with Crippen molar-refractivity contribution in [1.29, 1.82) is 0 Å². The van der Waals surface area contributed by atoms with Crippen LogP contribution in [0.15, 0.2) is 24.3 Å². The van der Waals surface area contributed by atoms with Gasteiger partial charge in [0.1, 0.15) is 6.61 Å². The van der Waals surface area contributed by atoms with Crippen molar-refractivity contribution in [3.63, 3.8) is 0 Å². The normalized spacial score (nSPS) is 15.1. The summed E-state index contributed by atoms with van der Waals surface area (Å²) in [6.45, 7) is 8.42. The lowest BCUT2D eigenvalue weighted by atomic mass is 9.95. The monoisotopic (exact) mass is 206 g/mol. The Morgan fingerprint density at radius 3 is 2.80 bits per heavy atom. The number of hydrogen-bond acceptors (Lipinski definition) is 1. The van der Waals surface area contributed by atoms with Crippen LogP contribution in [0.4, 0.5) is 4.39 Å². The van der Waals surface area contributed by atoms with Crippen molar-refractivity contribution >= 4 is 0 Å². The molecule has 2 heteroatoms. The van der Waals surface area contributed by atoms with E-state index in [0.29, 0.717) is 18.3 Å². The quantitative estimate of drug-likeness (QED) is 0.639. The van der Waals surface area contributed by atoms with Gasteiger partial charge in [-0.25, -0.2) is 4.39 Å². The molecule has 80 valence electrons. The summed E-state index contributed by atoms with van der Waals surface area (Å²) in [6, 6.07) is 3.59. The molecule has 0 aromatic heterocycles. The summed E-state index contributed by atoms with van der Waals surface area (Å²) >= 11 is 0. The summed E-state index contributed by atoms with van der Waals surface area (Å²) in [4.78, 5) is 0. The predicted molar refractivity (Wildman–Crippen MR) is 58.8 cm³/mol. The Bertz CT molecular complexity index is 407. The maximum absolute atomic E-state index is 13.7. The Morgan fingerprint density at radius 1 is 1.40 bits per heavy atom. The van der Waals surface area contributed by atoms with Crippen LogP contribution in [0.25, 0.3) is 0 Å². The molecule has 0 radical (unpaired) electrons. The molecule has 1 heterocycles. The molecule has 1 aromatic carbocycles. The molecule has 0 spiro atoms. The van der Waals surface area contributed by atoms with E-state index in [0.717, 1.165) is 23.1 Å². The number of rotatable bonds is 1. The van der Waals surface area contributed by atoms with E-state index in [4.69, 9.17) is 4.74 Å². The largest absolute Gasteiger partial charge is 0.486 e. The summed E-state index contributed by atoms with van der Waals surface area (Å²) < 4.78 is 19.0. The average Bonchev–Trinajstić information content (AvgIpc) is 2.16. The molecule has 0 amide bonds. The second-order valence-corrected chi connectivity index (χ2v) is 4.36. The number of hydrogen-bond donors (Lipinski definition) is 0.